The van der Waals surface area contributed by atoms with Crippen LogP contribution >= 0.6 is 0 Å². The van der Waals surface area contributed by atoms with E-state index in [1.165, 1.54) is 20.8 Å². The van der Waals surface area contributed by atoms with E-state index >= 15 is 0 Å². The molecule has 1 atom stereocenters. The fourth-order valence-electron chi connectivity index (χ4n) is 1.61. The number of ketones is 1. The number of amides is 2. The van der Waals surface area contributed by atoms with Crippen molar-refractivity contribution < 1.29 is 32.4 Å². The molecule has 23 heavy (non-hydrogen) atoms. The van der Waals surface area contributed by atoms with Crippen LogP contribution in [-0.2, 0) is 19.2 Å². The number of rotatable bonds is 9. The van der Waals surface area contributed by atoms with Crippen LogP contribution < -0.4 is 5.32 Å². The quantitative estimate of drug-likeness (QED) is 0.301. The number of Topliss-reactive ketones (excluding diaryl/α,β-unsaturated/α-hetero) is 1. The molecule has 0 saturated heterocycles. The third-order valence-electron chi connectivity index (χ3n) is 2.56. The van der Waals surface area contributed by atoms with Gasteiger partial charge in [-0.1, -0.05) is 13.3 Å². The lowest BCUT2D eigenvalue weighted by Gasteiger charge is -2.32. The normalized spacial score (nSPS) is 13.3. The second kappa shape index (κ2) is 8.85. The van der Waals surface area contributed by atoms with Crippen LogP contribution in [0.4, 0.5) is 13.2 Å². The van der Waals surface area contributed by atoms with Crippen LogP contribution in [0.1, 0.15) is 47.0 Å². The molecule has 0 aliphatic heterocycles. The maximum atomic E-state index is 12.7. The van der Waals surface area contributed by atoms with Gasteiger partial charge in [-0.25, -0.2) is 5.06 Å². The molecule has 0 heterocycles. The molecule has 0 fully saturated rings. The average Bonchev–Trinajstić information content (AvgIpc) is 2.39. The molecular formula is C14H23F3N2O4. The molecule has 2 amide bonds. The fourth-order valence-corrected chi connectivity index (χ4v) is 1.61. The van der Waals surface area contributed by atoms with Gasteiger partial charge < -0.3 is 5.32 Å². The van der Waals surface area contributed by atoms with Crippen molar-refractivity contribution >= 4 is 18.1 Å². The summed E-state index contributed by atoms with van der Waals surface area (Å²) in [6, 6.07) is -2.06. The lowest BCUT2D eigenvalue weighted by atomic mass is 10.1. The van der Waals surface area contributed by atoms with Gasteiger partial charge in [-0.05, 0) is 27.2 Å². The van der Waals surface area contributed by atoms with Crippen LogP contribution in [-0.4, -0.2) is 47.5 Å². The predicted molar refractivity (Wildman–Crippen MR) is 76.1 cm³/mol. The Hall–Kier alpha value is -1.64. The summed E-state index contributed by atoms with van der Waals surface area (Å²) in [6.45, 7) is 6.52. The average molecular weight is 340 g/mol. The molecule has 0 bridgehead atoms. The zero-order chi connectivity index (χ0) is 18.3. The third-order valence-corrected chi connectivity index (χ3v) is 2.56. The van der Waals surface area contributed by atoms with Gasteiger partial charge in [0.25, 0.3) is 5.91 Å². The monoisotopic (exact) mass is 340 g/mol. The molecule has 0 radical (unpaired) electrons. The smallest absolute Gasteiger partial charge is 0.349 e. The van der Waals surface area contributed by atoms with Crippen LogP contribution in [0.3, 0.4) is 0 Å². The summed E-state index contributed by atoms with van der Waals surface area (Å²) in [5, 5.41) is 2.50. The van der Waals surface area contributed by atoms with Crippen molar-refractivity contribution in [2.75, 3.05) is 6.54 Å². The molecular weight excluding hydrogens is 317 g/mol. The van der Waals surface area contributed by atoms with E-state index in [-0.39, 0.29) is 18.0 Å². The number of carbonyl (C=O) groups excluding carboxylic acids is 3. The maximum Gasteiger partial charge on any atom is 0.391 e. The number of hydrogen-bond acceptors (Lipinski definition) is 4. The molecule has 0 aliphatic carbocycles. The summed E-state index contributed by atoms with van der Waals surface area (Å²) < 4.78 is 38.1. The molecule has 6 nitrogen and oxygen atoms in total. The highest BCUT2D eigenvalue weighted by atomic mass is 19.4. The van der Waals surface area contributed by atoms with Crippen molar-refractivity contribution in [1.82, 2.24) is 10.4 Å². The molecule has 1 N–H and O–H groups in total. The molecule has 0 aliphatic rings. The minimum atomic E-state index is -4.74. The van der Waals surface area contributed by atoms with E-state index in [2.05, 4.69) is 5.32 Å². The van der Waals surface area contributed by atoms with E-state index in [1.54, 1.807) is 0 Å². The zero-order valence-electron chi connectivity index (χ0n) is 13.7. The molecule has 0 unspecified atom stereocenters. The van der Waals surface area contributed by atoms with Gasteiger partial charge in [-0.2, -0.15) is 13.2 Å². The van der Waals surface area contributed by atoms with Gasteiger partial charge in [0.05, 0.1) is 12.0 Å². The summed E-state index contributed by atoms with van der Waals surface area (Å²) in [5.74, 6) is -2.54. The number of hydrogen-bond donors (Lipinski definition) is 1. The lowest BCUT2D eigenvalue weighted by molar-refractivity contribution is -0.244. The van der Waals surface area contributed by atoms with Gasteiger partial charge in [0.15, 0.2) is 0 Å². The van der Waals surface area contributed by atoms with Crippen molar-refractivity contribution in [3.8, 4) is 0 Å². The predicted octanol–water partition coefficient (Wildman–Crippen LogP) is 1.98. The second-order valence-electron chi connectivity index (χ2n) is 5.98. The molecule has 0 aromatic rings. The van der Waals surface area contributed by atoms with E-state index < -0.39 is 35.9 Å². The second-order valence-corrected chi connectivity index (χ2v) is 5.98. The summed E-state index contributed by atoms with van der Waals surface area (Å²) in [6.07, 6.45) is -5.11. The SMILES string of the molecule is CCCCNC(=O)C(=O)[C@H](CC(F)(F)F)N(C=O)OC(C)(C)C. The van der Waals surface area contributed by atoms with Crippen molar-refractivity contribution in [3.05, 3.63) is 0 Å². The van der Waals surface area contributed by atoms with Crippen LogP contribution in [0.25, 0.3) is 0 Å². The Bertz CT molecular complexity index is 419. The summed E-state index contributed by atoms with van der Waals surface area (Å²) in [7, 11) is 0. The number of nitrogens with zero attached hydrogens (tertiary/aromatic N) is 1. The first-order valence-corrected chi connectivity index (χ1v) is 7.23. The Balaban J connectivity index is 5.22. The number of nitrogens with one attached hydrogen (secondary N) is 1. The highest BCUT2D eigenvalue weighted by molar-refractivity contribution is 6.38. The third kappa shape index (κ3) is 9.17. The summed E-state index contributed by atoms with van der Waals surface area (Å²) in [4.78, 5) is 39.8. The molecule has 0 rings (SSSR count). The largest absolute Gasteiger partial charge is 0.391 e. The molecule has 0 spiro atoms. The minimum Gasteiger partial charge on any atom is -0.349 e. The summed E-state index contributed by atoms with van der Waals surface area (Å²) in [5.41, 5.74) is -1.01. The lowest BCUT2D eigenvalue weighted by Crippen LogP contribution is -2.51. The first-order valence-electron chi connectivity index (χ1n) is 7.23. The molecule has 134 valence electrons. The first-order chi connectivity index (χ1) is 10.4. The van der Waals surface area contributed by atoms with Gasteiger partial charge in [-0.15, -0.1) is 0 Å². The maximum absolute atomic E-state index is 12.7. The number of halogens is 3. The Morgan fingerprint density at radius 2 is 1.83 bits per heavy atom. The number of alkyl halides is 3. The molecule has 0 aromatic heterocycles. The van der Waals surface area contributed by atoms with Gasteiger partial charge in [0, 0.05) is 6.54 Å². The van der Waals surface area contributed by atoms with Crippen LogP contribution in [0.5, 0.6) is 0 Å². The van der Waals surface area contributed by atoms with Crippen LogP contribution in [0.15, 0.2) is 0 Å². The minimum absolute atomic E-state index is 0.0289. The molecule has 9 heteroatoms. The Morgan fingerprint density at radius 1 is 1.26 bits per heavy atom. The van der Waals surface area contributed by atoms with E-state index in [0.29, 0.717) is 6.42 Å². The first kappa shape index (κ1) is 21.4. The van der Waals surface area contributed by atoms with Gasteiger partial charge >= 0.3 is 6.18 Å². The van der Waals surface area contributed by atoms with Crippen molar-refractivity contribution in [3.63, 3.8) is 0 Å². The Labute approximate surface area is 133 Å². The summed E-state index contributed by atoms with van der Waals surface area (Å²) >= 11 is 0. The van der Waals surface area contributed by atoms with Crippen LogP contribution in [0.2, 0.25) is 0 Å². The molecule has 0 aromatic carbocycles. The fraction of sp³-hybridized carbons (Fsp3) is 0.786. The van der Waals surface area contributed by atoms with E-state index in [4.69, 9.17) is 4.84 Å². The van der Waals surface area contributed by atoms with Crippen molar-refractivity contribution in [1.29, 1.82) is 0 Å². The Kier molecular flexibility index (Phi) is 8.22. The number of unbranched alkanes of at least 4 members (excludes halogenated alkanes) is 1. The van der Waals surface area contributed by atoms with Crippen molar-refractivity contribution in [2.24, 2.45) is 0 Å². The number of carbonyl (C=O) groups is 3. The van der Waals surface area contributed by atoms with Gasteiger partial charge in [-0.3, -0.25) is 19.2 Å². The van der Waals surface area contributed by atoms with E-state index in [0.717, 1.165) is 6.42 Å². The van der Waals surface area contributed by atoms with E-state index in [1.807, 2.05) is 6.92 Å². The van der Waals surface area contributed by atoms with Crippen LogP contribution in [0, 0.1) is 0 Å². The van der Waals surface area contributed by atoms with Gasteiger partial charge in [0.2, 0.25) is 12.2 Å². The topological polar surface area (TPSA) is 75.7 Å². The van der Waals surface area contributed by atoms with E-state index in [9.17, 15) is 27.6 Å². The highest BCUT2D eigenvalue weighted by Crippen LogP contribution is 2.25. The van der Waals surface area contributed by atoms with Gasteiger partial charge in [0.1, 0.15) is 6.04 Å². The molecule has 0 saturated carbocycles. The zero-order valence-corrected chi connectivity index (χ0v) is 13.7. The number of hydroxylamine groups is 2. The Morgan fingerprint density at radius 3 is 2.22 bits per heavy atom. The highest BCUT2D eigenvalue weighted by Gasteiger charge is 2.42. The van der Waals surface area contributed by atoms with Crippen molar-refractivity contribution in [2.45, 2.75) is 64.8 Å². The standard InChI is InChI=1S/C14H23F3N2O4/c1-5-6-7-18-12(22)11(21)10(8-14(15,16)17)19(9-20)23-13(2,3)4/h9-10H,5-8H2,1-4H3,(H,18,22)/t10-/m0/s1.